The number of non-ortho nitro benzene ring substituents is 1. The maximum atomic E-state index is 11.9. The molecule has 0 saturated carbocycles. The Balaban J connectivity index is 1.68. The highest BCUT2D eigenvalue weighted by molar-refractivity contribution is 5.89. The highest BCUT2D eigenvalue weighted by Gasteiger charge is 2.06. The molecule has 0 atom stereocenters. The van der Waals surface area contributed by atoms with Crippen molar-refractivity contribution in [1.82, 2.24) is 9.55 Å². The Bertz CT molecular complexity index is 942. The summed E-state index contributed by atoms with van der Waals surface area (Å²) in [6.45, 7) is 0. The van der Waals surface area contributed by atoms with E-state index < -0.39 is 10.9 Å². The maximum Gasteiger partial charge on any atom is 0.336 e. The lowest BCUT2D eigenvalue weighted by Gasteiger charge is -2.01. The first-order valence-electron chi connectivity index (χ1n) is 7.08. The quantitative estimate of drug-likeness (QED) is 0.242. The molecular weight excluding hydrogens is 310 g/mol. The molecule has 0 amide bonds. The van der Waals surface area contributed by atoms with Gasteiger partial charge in [-0.15, -0.1) is 0 Å². The highest BCUT2D eigenvalue weighted by Crippen LogP contribution is 2.19. The summed E-state index contributed by atoms with van der Waals surface area (Å²) in [5.74, 6) is -0.136. The molecule has 2 aromatic carbocycles. The molecule has 0 aliphatic rings. The van der Waals surface area contributed by atoms with Crippen LogP contribution in [0.1, 0.15) is 5.56 Å². The average molecular weight is 323 g/mol. The first-order valence-corrected chi connectivity index (χ1v) is 7.08. The largest absolute Gasteiger partial charge is 0.423 e. The van der Waals surface area contributed by atoms with Gasteiger partial charge in [0.1, 0.15) is 5.75 Å². The number of rotatable bonds is 4. The molecule has 7 nitrogen and oxygen atoms in total. The van der Waals surface area contributed by atoms with E-state index in [1.54, 1.807) is 30.6 Å². The lowest BCUT2D eigenvalue weighted by molar-refractivity contribution is -0.384. The van der Waals surface area contributed by atoms with Crippen molar-refractivity contribution in [2.75, 3.05) is 0 Å². The number of fused-ring (bicyclic) bond motifs is 1. The normalized spacial score (nSPS) is 11.0. The topological polar surface area (TPSA) is 87.3 Å². The maximum absolute atomic E-state index is 11.9. The molecule has 0 aliphatic heterocycles. The fourth-order valence-electron chi connectivity index (χ4n) is 2.20. The number of aryl methyl sites for hydroxylation is 1. The van der Waals surface area contributed by atoms with E-state index in [0.717, 1.165) is 11.0 Å². The Hall–Kier alpha value is -3.48. The Morgan fingerprint density at radius 2 is 2.00 bits per heavy atom. The third kappa shape index (κ3) is 3.30. The van der Waals surface area contributed by atoms with E-state index in [9.17, 15) is 14.9 Å². The monoisotopic (exact) mass is 323 g/mol. The molecule has 0 fully saturated rings. The van der Waals surface area contributed by atoms with E-state index in [1.807, 2.05) is 17.7 Å². The molecular formula is C17H13N3O4. The summed E-state index contributed by atoms with van der Waals surface area (Å²) < 4.78 is 7.10. The van der Waals surface area contributed by atoms with Gasteiger partial charge in [-0.2, -0.15) is 0 Å². The summed E-state index contributed by atoms with van der Waals surface area (Å²) >= 11 is 0. The predicted molar refractivity (Wildman–Crippen MR) is 88.5 cm³/mol. The third-order valence-corrected chi connectivity index (χ3v) is 3.43. The molecule has 3 rings (SSSR count). The molecule has 0 N–H and O–H groups in total. The fourth-order valence-corrected chi connectivity index (χ4v) is 2.20. The standard InChI is InChI=1S/C17H13N3O4/c1-19-11-18-15-10-14(7-8-16(15)19)24-17(21)9-4-12-2-5-13(6-3-12)20(22)23/h2-11H,1H3/b9-4+. The molecule has 3 aromatic rings. The minimum atomic E-state index is -0.538. The van der Waals surface area contributed by atoms with Crippen LogP contribution in [0.5, 0.6) is 5.75 Å². The number of nitrogens with zero attached hydrogens (tertiary/aromatic N) is 3. The lowest BCUT2D eigenvalue weighted by atomic mass is 10.2. The number of aromatic nitrogens is 2. The second-order valence-electron chi connectivity index (χ2n) is 5.11. The molecule has 24 heavy (non-hydrogen) atoms. The van der Waals surface area contributed by atoms with E-state index in [-0.39, 0.29) is 5.69 Å². The number of carbonyl (C=O) groups excluding carboxylic acids is 1. The van der Waals surface area contributed by atoms with Crippen LogP contribution in [0.4, 0.5) is 5.69 Å². The summed E-state index contributed by atoms with van der Waals surface area (Å²) in [4.78, 5) is 26.2. The number of benzene rings is 2. The van der Waals surface area contributed by atoms with E-state index in [1.165, 1.54) is 24.3 Å². The molecule has 7 heteroatoms. The SMILES string of the molecule is Cn1cnc2cc(OC(=O)/C=C/c3ccc([N+](=O)[O-])cc3)ccc21. The van der Waals surface area contributed by atoms with Crippen LogP contribution in [0.3, 0.4) is 0 Å². The minimum Gasteiger partial charge on any atom is -0.423 e. The summed E-state index contributed by atoms with van der Waals surface area (Å²) in [7, 11) is 1.88. The number of hydrogen-bond acceptors (Lipinski definition) is 5. The Labute approximate surface area is 137 Å². The Kier molecular flexibility index (Phi) is 4.07. The number of carbonyl (C=O) groups is 1. The van der Waals surface area contributed by atoms with Crippen LogP contribution >= 0.6 is 0 Å². The van der Waals surface area contributed by atoms with Crippen molar-refractivity contribution in [3.63, 3.8) is 0 Å². The average Bonchev–Trinajstić information content (AvgIpc) is 2.94. The molecule has 0 unspecified atom stereocenters. The van der Waals surface area contributed by atoms with Gasteiger partial charge in [0.25, 0.3) is 5.69 Å². The molecule has 0 aliphatic carbocycles. The minimum absolute atomic E-state index is 0.00149. The van der Waals surface area contributed by atoms with Crippen molar-refractivity contribution in [2.45, 2.75) is 0 Å². The molecule has 0 bridgehead atoms. The van der Waals surface area contributed by atoms with Crippen molar-refractivity contribution in [3.05, 3.63) is 70.5 Å². The lowest BCUT2D eigenvalue weighted by Crippen LogP contribution is -2.03. The zero-order valence-corrected chi connectivity index (χ0v) is 12.7. The van der Waals surface area contributed by atoms with Crippen molar-refractivity contribution < 1.29 is 14.5 Å². The number of nitro groups is 1. The van der Waals surface area contributed by atoms with Crippen LogP contribution in [0, 0.1) is 10.1 Å². The smallest absolute Gasteiger partial charge is 0.336 e. The third-order valence-electron chi connectivity index (χ3n) is 3.43. The van der Waals surface area contributed by atoms with Crippen molar-refractivity contribution in [1.29, 1.82) is 0 Å². The van der Waals surface area contributed by atoms with Gasteiger partial charge in [0, 0.05) is 31.3 Å². The summed E-state index contributed by atoms with van der Waals surface area (Å²) in [5, 5.41) is 10.6. The van der Waals surface area contributed by atoms with Crippen LogP contribution in [0.15, 0.2) is 54.9 Å². The Morgan fingerprint density at radius 1 is 1.25 bits per heavy atom. The molecule has 0 spiro atoms. The first kappa shape index (κ1) is 15.4. The van der Waals surface area contributed by atoms with Gasteiger partial charge in [-0.1, -0.05) is 0 Å². The molecule has 1 aromatic heterocycles. The van der Waals surface area contributed by atoms with Crippen molar-refractivity contribution >= 4 is 28.8 Å². The van der Waals surface area contributed by atoms with E-state index in [4.69, 9.17) is 4.74 Å². The highest BCUT2D eigenvalue weighted by atomic mass is 16.6. The van der Waals surface area contributed by atoms with Crippen molar-refractivity contribution in [2.24, 2.45) is 7.05 Å². The fraction of sp³-hybridized carbons (Fsp3) is 0.0588. The summed E-state index contributed by atoms with van der Waals surface area (Å²) in [6, 6.07) is 11.1. The van der Waals surface area contributed by atoms with Crippen LogP contribution < -0.4 is 4.74 Å². The predicted octanol–water partition coefficient (Wildman–Crippen LogP) is 3.10. The first-order chi connectivity index (χ1) is 11.5. The molecule has 1 heterocycles. The number of esters is 1. The van der Waals surface area contributed by atoms with E-state index >= 15 is 0 Å². The Morgan fingerprint density at radius 3 is 2.71 bits per heavy atom. The van der Waals surface area contributed by atoms with Gasteiger partial charge in [-0.05, 0) is 35.9 Å². The van der Waals surface area contributed by atoms with Gasteiger partial charge in [-0.25, -0.2) is 9.78 Å². The molecule has 120 valence electrons. The van der Waals surface area contributed by atoms with Crippen molar-refractivity contribution in [3.8, 4) is 5.75 Å². The molecule has 0 saturated heterocycles. The van der Waals surface area contributed by atoms with E-state index in [0.29, 0.717) is 11.3 Å². The van der Waals surface area contributed by atoms with Gasteiger partial charge in [0.05, 0.1) is 22.3 Å². The number of hydrogen-bond donors (Lipinski definition) is 0. The number of ether oxygens (including phenoxy) is 1. The van der Waals surface area contributed by atoms with Gasteiger partial charge >= 0.3 is 5.97 Å². The zero-order chi connectivity index (χ0) is 17.1. The van der Waals surface area contributed by atoms with Gasteiger partial charge < -0.3 is 9.30 Å². The zero-order valence-electron chi connectivity index (χ0n) is 12.7. The van der Waals surface area contributed by atoms with Crippen LogP contribution in [0.2, 0.25) is 0 Å². The van der Waals surface area contributed by atoms with Crippen LogP contribution in [0.25, 0.3) is 17.1 Å². The van der Waals surface area contributed by atoms with Gasteiger partial charge in [0.15, 0.2) is 0 Å². The van der Waals surface area contributed by atoms with Gasteiger partial charge in [-0.3, -0.25) is 10.1 Å². The summed E-state index contributed by atoms with van der Waals surface area (Å²) in [5.41, 5.74) is 2.34. The van der Waals surface area contributed by atoms with E-state index in [2.05, 4.69) is 4.98 Å². The van der Waals surface area contributed by atoms with Crippen LogP contribution in [-0.2, 0) is 11.8 Å². The number of nitro benzene ring substituents is 1. The summed E-state index contributed by atoms with van der Waals surface area (Å²) in [6.07, 6.45) is 4.49. The number of imidazole rings is 1. The second-order valence-corrected chi connectivity index (χ2v) is 5.11. The van der Waals surface area contributed by atoms with Gasteiger partial charge in [0.2, 0.25) is 0 Å². The second kappa shape index (κ2) is 6.33. The molecule has 0 radical (unpaired) electrons. The van der Waals surface area contributed by atoms with Crippen LogP contribution in [-0.4, -0.2) is 20.4 Å².